The lowest BCUT2D eigenvalue weighted by atomic mass is 10.1. The van der Waals surface area contributed by atoms with Crippen molar-refractivity contribution in [3.05, 3.63) is 59.7 Å². The molecule has 0 bridgehead atoms. The van der Waals surface area contributed by atoms with Crippen molar-refractivity contribution in [2.45, 2.75) is 12.9 Å². The normalized spacial score (nSPS) is 15.5. The van der Waals surface area contributed by atoms with Crippen LogP contribution in [0, 0.1) is 0 Å². The summed E-state index contributed by atoms with van der Waals surface area (Å²) in [5.74, 6) is -0.399. The van der Waals surface area contributed by atoms with Crippen LogP contribution in [-0.4, -0.2) is 62.9 Å². The number of hydrogen-bond donors (Lipinski definition) is 1. The second-order valence-electron chi connectivity index (χ2n) is 7.21. The second kappa shape index (κ2) is 9.15. The van der Waals surface area contributed by atoms with Gasteiger partial charge in [0.2, 0.25) is 10.0 Å². The van der Waals surface area contributed by atoms with Crippen molar-refractivity contribution >= 4 is 21.6 Å². The molecule has 1 N–H and O–H groups in total. The van der Waals surface area contributed by atoms with E-state index in [1.807, 2.05) is 0 Å². The summed E-state index contributed by atoms with van der Waals surface area (Å²) >= 11 is 0. The smallest absolute Gasteiger partial charge is 0.406 e. The van der Waals surface area contributed by atoms with Crippen LogP contribution in [0.2, 0.25) is 0 Å². The molecule has 0 aliphatic carbocycles. The Morgan fingerprint density at radius 2 is 1.58 bits per heavy atom. The van der Waals surface area contributed by atoms with Gasteiger partial charge in [0.05, 0.1) is 6.26 Å². The lowest BCUT2D eigenvalue weighted by Crippen LogP contribution is -2.48. The molecule has 1 fully saturated rings. The van der Waals surface area contributed by atoms with Crippen LogP contribution in [-0.2, 0) is 16.6 Å². The van der Waals surface area contributed by atoms with Crippen LogP contribution in [0.15, 0.2) is 48.5 Å². The van der Waals surface area contributed by atoms with Gasteiger partial charge in [0, 0.05) is 44.0 Å². The number of rotatable bonds is 6. The minimum absolute atomic E-state index is 0.140. The molecule has 0 atom stereocenters. The predicted molar refractivity (Wildman–Crippen MR) is 109 cm³/mol. The molecule has 31 heavy (non-hydrogen) atoms. The summed E-state index contributed by atoms with van der Waals surface area (Å²) in [5.41, 5.74) is 1.70. The van der Waals surface area contributed by atoms with Gasteiger partial charge >= 0.3 is 6.36 Å². The first-order valence-electron chi connectivity index (χ1n) is 9.43. The molecule has 168 valence electrons. The maximum Gasteiger partial charge on any atom is 0.573 e. The average molecular weight is 457 g/mol. The molecule has 3 rings (SSSR count). The monoisotopic (exact) mass is 457 g/mol. The van der Waals surface area contributed by atoms with Gasteiger partial charge in [0.25, 0.3) is 5.91 Å². The Balaban J connectivity index is 1.50. The minimum atomic E-state index is -4.71. The largest absolute Gasteiger partial charge is 0.573 e. The first-order chi connectivity index (χ1) is 14.5. The van der Waals surface area contributed by atoms with E-state index in [1.165, 1.54) is 24.3 Å². The Morgan fingerprint density at radius 3 is 2.10 bits per heavy atom. The molecular formula is C20H22F3N3O4S. The summed E-state index contributed by atoms with van der Waals surface area (Å²) < 4.78 is 65.4. The standard InChI is InChI=1S/C20H22F3N3O4S/c1-31(28,29)24-17-6-4-16(5-7-17)19(27)26-12-10-25(11-13-26)14-15-2-8-18(9-3-15)30-20(21,22)23/h2-9,24H,10-14H2,1H3. The minimum Gasteiger partial charge on any atom is -0.406 e. The summed E-state index contributed by atoms with van der Waals surface area (Å²) in [5, 5.41) is 0. The Kier molecular flexibility index (Phi) is 6.75. The van der Waals surface area contributed by atoms with E-state index in [4.69, 9.17) is 0 Å². The highest BCUT2D eigenvalue weighted by Crippen LogP contribution is 2.23. The number of alkyl halides is 3. The number of carbonyl (C=O) groups excluding carboxylic acids is 1. The predicted octanol–water partition coefficient (Wildman–Crippen LogP) is 2.91. The van der Waals surface area contributed by atoms with Gasteiger partial charge in [-0.1, -0.05) is 12.1 Å². The zero-order valence-corrected chi connectivity index (χ0v) is 17.5. The number of anilines is 1. The van der Waals surface area contributed by atoms with Crippen molar-refractivity contribution in [1.82, 2.24) is 9.80 Å². The molecule has 1 saturated heterocycles. The van der Waals surface area contributed by atoms with E-state index in [9.17, 15) is 26.4 Å². The van der Waals surface area contributed by atoms with Gasteiger partial charge in [-0.05, 0) is 42.0 Å². The fourth-order valence-electron chi connectivity index (χ4n) is 3.24. The van der Waals surface area contributed by atoms with E-state index in [0.717, 1.165) is 11.8 Å². The molecule has 1 aliphatic rings. The molecule has 1 heterocycles. The maximum atomic E-state index is 12.7. The summed E-state index contributed by atoms with van der Waals surface area (Å²) in [6.07, 6.45) is -3.66. The highest BCUT2D eigenvalue weighted by molar-refractivity contribution is 7.92. The highest BCUT2D eigenvalue weighted by Gasteiger charge is 2.31. The van der Waals surface area contributed by atoms with Crippen LogP contribution in [0.1, 0.15) is 15.9 Å². The Labute approximate surface area is 178 Å². The average Bonchev–Trinajstić information content (AvgIpc) is 2.68. The summed E-state index contributed by atoms with van der Waals surface area (Å²) in [4.78, 5) is 16.5. The van der Waals surface area contributed by atoms with E-state index in [0.29, 0.717) is 44.0 Å². The fraction of sp³-hybridized carbons (Fsp3) is 0.350. The van der Waals surface area contributed by atoms with Crippen molar-refractivity contribution in [3.8, 4) is 5.75 Å². The molecule has 7 nitrogen and oxygen atoms in total. The van der Waals surface area contributed by atoms with Gasteiger partial charge in [0.1, 0.15) is 5.75 Å². The lowest BCUT2D eigenvalue weighted by Gasteiger charge is -2.34. The third kappa shape index (κ3) is 7.14. The SMILES string of the molecule is CS(=O)(=O)Nc1ccc(C(=O)N2CCN(Cc3ccc(OC(F)(F)F)cc3)CC2)cc1. The van der Waals surface area contributed by atoms with Gasteiger partial charge in [-0.2, -0.15) is 0 Å². The van der Waals surface area contributed by atoms with E-state index in [1.54, 1.807) is 29.2 Å². The number of benzene rings is 2. The third-order valence-electron chi connectivity index (χ3n) is 4.66. The van der Waals surface area contributed by atoms with Gasteiger partial charge in [-0.3, -0.25) is 14.4 Å². The molecular weight excluding hydrogens is 435 g/mol. The molecule has 1 aliphatic heterocycles. The van der Waals surface area contributed by atoms with Gasteiger partial charge < -0.3 is 9.64 Å². The molecule has 2 aromatic rings. The lowest BCUT2D eigenvalue weighted by molar-refractivity contribution is -0.274. The molecule has 11 heteroatoms. The van der Waals surface area contributed by atoms with E-state index in [2.05, 4.69) is 14.4 Å². The van der Waals surface area contributed by atoms with Crippen molar-refractivity contribution in [2.24, 2.45) is 0 Å². The van der Waals surface area contributed by atoms with Crippen LogP contribution in [0.25, 0.3) is 0 Å². The Morgan fingerprint density at radius 1 is 1.00 bits per heavy atom. The van der Waals surface area contributed by atoms with E-state index in [-0.39, 0.29) is 11.7 Å². The van der Waals surface area contributed by atoms with Crippen molar-refractivity contribution in [3.63, 3.8) is 0 Å². The first kappa shape index (κ1) is 22.9. The van der Waals surface area contributed by atoms with Crippen LogP contribution in [0.4, 0.5) is 18.9 Å². The van der Waals surface area contributed by atoms with Crippen molar-refractivity contribution < 1.29 is 31.1 Å². The zero-order valence-electron chi connectivity index (χ0n) is 16.7. The number of nitrogens with zero attached hydrogens (tertiary/aromatic N) is 2. The van der Waals surface area contributed by atoms with Crippen LogP contribution in [0.5, 0.6) is 5.75 Å². The Bertz CT molecular complexity index is 1000. The topological polar surface area (TPSA) is 79.0 Å². The Hall–Kier alpha value is -2.79. The molecule has 2 aromatic carbocycles. The number of hydrogen-bond acceptors (Lipinski definition) is 5. The van der Waals surface area contributed by atoms with Crippen LogP contribution >= 0.6 is 0 Å². The number of halogens is 3. The van der Waals surface area contributed by atoms with E-state index >= 15 is 0 Å². The molecule has 0 saturated carbocycles. The van der Waals surface area contributed by atoms with Crippen LogP contribution < -0.4 is 9.46 Å². The summed E-state index contributed by atoms with van der Waals surface area (Å²) in [6.45, 7) is 2.83. The number of ether oxygens (including phenoxy) is 1. The zero-order chi connectivity index (χ0) is 22.6. The molecule has 0 unspecified atom stereocenters. The number of nitrogens with one attached hydrogen (secondary N) is 1. The van der Waals surface area contributed by atoms with Gasteiger partial charge in [-0.25, -0.2) is 8.42 Å². The van der Waals surface area contributed by atoms with E-state index < -0.39 is 16.4 Å². The number of piperazine rings is 1. The second-order valence-corrected chi connectivity index (χ2v) is 8.96. The van der Waals surface area contributed by atoms with Crippen molar-refractivity contribution in [1.29, 1.82) is 0 Å². The third-order valence-corrected chi connectivity index (χ3v) is 5.26. The molecule has 0 radical (unpaired) electrons. The van der Waals surface area contributed by atoms with Gasteiger partial charge in [-0.15, -0.1) is 13.2 Å². The number of carbonyl (C=O) groups is 1. The number of sulfonamides is 1. The van der Waals surface area contributed by atoms with Crippen LogP contribution in [0.3, 0.4) is 0 Å². The molecule has 0 spiro atoms. The van der Waals surface area contributed by atoms with Gasteiger partial charge in [0.15, 0.2) is 0 Å². The summed E-state index contributed by atoms with van der Waals surface area (Å²) in [7, 11) is -3.38. The molecule has 0 aromatic heterocycles. The maximum absolute atomic E-state index is 12.7. The quantitative estimate of drug-likeness (QED) is 0.722. The first-order valence-corrected chi connectivity index (χ1v) is 11.3. The summed E-state index contributed by atoms with van der Waals surface area (Å²) in [6, 6.07) is 12.0. The highest BCUT2D eigenvalue weighted by atomic mass is 32.2. The number of amides is 1. The molecule has 1 amide bonds. The van der Waals surface area contributed by atoms with Crippen molar-refractivity contribution in [2.75, 3.05) is 37.2 Å². The fourth-order valence-corrected chi connectivity index (χ4v) is 3.81.